The summed E-state index contributed by atoms with van der Waals surface area (Å²) < 4.78 is 10.9. The Kier molecular flexibility index (Phi) is 5.80. The first kappa shape index (κ1) is 20.0. The SMILES string of the molecule is COc1ccc(NC(=O)c2oc3ccccc3c2NC(=O)/C=C\c2ccccc2)cc1. The summed E-state index contributed by atoms with van der Waals surface area (Å²) in [6.07, 6.45) is 3.12. The Labute approximate surface area is 179 Å². The third kappa shape index (κ3) is 4.64. The molecule has 0 fully saturated rings. The van der Waals surface area contributed by atoms with Crippen molar-refractivity contribution in [2.24, 2.45) is 0 Å². The summed E-state index contributed by atoms with van der Waals surface area (Å²) in [6.45, 7) is 0. The van der Waals surface area contributed by atoms with E-state index < -0.39 is 5.91 Å². The van der Waals surface area contributed by atoms with Gasteiger partial charge >= 0.3 is 0 Å². The molecule has 2 N–H and O–H groups in total. The highest BCUT2D eigenvalue weighted by Crippen LogP contribution is 2.31. The maximum absolute atomic E-state index is 12.9. The molecule has 31 heavy (non-hydrogen) atoms. The van der Waals surface area contributed by atoms with Gasteiger partial charge in [0.2, 0.25) is 11.7 Å². The Morgan fingerprint density at radius 3 is 2.32 bits per heavy atom. The number of nitrogens with one attached hydrogen (secondary N) is 2. The Morgan fingerprint density at radius 2 is 1.58 bits per heavy atom. The van der Waals surface area contributed by atoms with Gasteiger partial charge in [0.05, 0.1) is 7.11 Å². The third-order valence-corrected chi connectivity index (χ3v) is 4.62. The number of hydrogen-bond acceptors (Lipinski definition) is 4. The first-order chi connectivity index (χ1) is 15.1. The highest BCUT2D eigenvalue weighted by atomic mass is 16.5. The molecule has 4 aromatic rings. The van der Waals surface area contributed by atoms with Crippen LogP contribution in [0.25, 0.3) is 17.0 Å². The van der Waals surface area contributed by atoms with Crippen molar-refractivity contribution in [3.63, 3.8) is 0 Å². The van der Waals surface area contributed by atoms with Gasteiger partial charge in [-0.25, -0.2) is 0 Å². The molecule has 0 atom stereocenters. The first-order valence-electron chi connectivity index (χ1n) is 9.65. The molecule has 6 heteroatoms. The van der Waals surface area contributed by atoms with Crippen molar-refractivity contribution < 1.29 is 18.7 Å². The van der Waals surface area contributed by atoms with Crippen LogP contribution in [0.4, 0.5) is 11.4 Å². The van der Waals surface area contributed by atoms with Crippen LogP contribution in [0.15, 0.2) is 89.4 Å². The average Bonchev–Trinajstić information content (AvgIpc) is 3.17. The van der Waals surface area contributed by atoms with Crippen molar-refractivity contribution in [1.82, 2.24) is 0 Å². The van der Waals surface area contributed by atoms with Crippen molar-refractivity contribution in [3.8, 4) is 5.75 Å². The fourth-order valence-corrected chi connectivity index (χ4v) is 3.09. The summed E-state index contributed by atoms with van der Waals surface area (Å²) in [5, 5.41) is 6.22. The number of benzene rings is 3. The van der Waals surface area contributed by atoms with E-state index >= 15 is 0 Å². The number of amides is 2. The van der Waals surface area contributed by atoms with Gasteiger partial charge in [-0.05, 0) is 48.0 Å². The molecule has 0 radical (unpaired) electrons. The molecule has 0 unspecified atom stereocenters. The Morgan fingerprint density at radius 1 is 0.871 bits per heavy atom. The van der Waals surface area contributed by atoms with Gasteiger partial charge in [-0.1, -0.05) is 42.5 Å². The van der Waals surface area contributed by atoms with Crippen molar-refractivity contribution in [3.05, 3.63) is 96.3 Å². The number of rotatable bonds is 6. The summed E-state index contributed by atoms with van der Waals surface area (Å²) in [5.74, 6) is -0.129. The topological polar surface area (TPSA) is 80.6 Å². The lowest BCUT2D eigenvalue weighted by atomic mass is 10.2. The van der Waals surface area contributed by atoms with Crippen LogP contribution >= 0.6 is 0 Å². The zero-order valence-electron chi connectivity index (χ0n) is 16.8. The minimum Gasteiger partial charge on any atom is -0.497 e. The van der Waals surface area contributed by atoms with E-state index in [9.17, 15) is 9.59 Å². The monoisotopic (exact) mass is 412 g/mol. The van der Waals surface area contributed by atoms with Gasteiger partial charge < -0.3 is 19.8 Å². The number of ether oxygens (including phenoxy) is 1. The number of fused-ring (bicyclic) bond motifs is 1. The van der Waals surface area contributed by atoms with Crippen molar-refractivity contribution >= 4 is 40.2 Å². The summed E-state index contributed by atoms with van der Waals surface area (Å²) in [5.41, 5.74) is 2.30. The lowest BCUT2D eigenvalue weighted by Gasteiger charge is -2.07. The lowest BCUT2D eigenvalue weighted by Crippen LogP contribution is -2.15. The molecular weight excluding hydrogens is 392 g/mol. The van der Waals surface area contributed by atoms with Crippen molar-refractivity contribution in [2.45, 2.75) is 0 Å². The standard InChI is InChI=1S/C25H20N2O4/c1-30-19-14-12-18(13-15-19)26-25(29)24-23(20-9-5-6-10-21(20)31-24)27-22(28)16-11-17-7-3-2-4-8-17/h2-16H,1H3,(H,26,29)(H,27,28)/b16-11-. The molecule has 0 aliphatic carbocycles. The number of furan rings is 1. The number of para-hydroxylation sites is 1. The van der Waals surface area contributed by atoms with Crippen LogP contribution in [0.5, 0.6) is 5.75 Å². The number of anilines is 2. The van der Waals surface area contributed by atoms with Gasteiger partial charge in [0, 0.05) is 17.1 Å². The van der Waals surface area contributed by atoms with Gasteiger partial charge in [-0.3, -0.25) is 9.59 Å². The molecule has 0 saturated heterocycles. The number of carbonyl (C=O) groups excluding carboxylic acids is 2. The average molecular weight is 412 g/mol. The Bertz CT molecular complexity index is 1240. The van der Waals surface area contributed by atoms with Gasteiger partial charge in [-0.2, -0.15) is 0 Å². The smallest absolute Gasteiger partial charge is 0.293 e. The quantitative estimate of drug-likeness (QED) is 0.419. The van der Waals surface area contributed by atoms with Crippen LogP contribution < -0.4 is 15.4 Å². The fraction of sp³-hybridized carbons (Fsp3) is 0.0400. The largest absolute Gasteiger partial charge is 0.497 e. The number of hydrogen-bond donors (Lipinski definition) is 2. The summed E-state index contributed by atoms with van der Waals surface area (Å²) in [6, 6.07) is 23.6. The van der Waals surface area contributed by atoms with Gasteiger partial charge in [0.25, 0.3) is 5.91 Å². The molecule has 0 spiro atoms. The van der Waals surface area contributed by atoms with Crippen molar-refractivity contribution in [1.29, 1.82) is 0 Å². The van der Waals surface area contributed by atoms with Crippen LogP contribution in [0, 0.1) is 0 Å². The van der Waals surface area contributed by atoms with Gasteiger partial charge in [0.15, 0.2) is 0 Å². The molecule has 0 aliphatic heterocycles. The normalized spacial score (nSPS) is 10.9. The summed E-state index contributed by atoms with van der Waals surface area (Å²) >= 11 is 0. The van der Waals surface area contributed by atoms with Crippen LogP contribution in [0.2, 0.25) is 0 Å². The first-order valence-corrected chi connectivity index (χ1v) is 9.65. The minimum atomic E-state index is -0.469. The molecule has 4 rings (SSSR count). The summed E-state index contributed by atoms with van der Waals surface area (Å²) in [4.78, 5) is 25.5. The van der Waals surface area contributed by atoms with Crippen LogP contribution in [-0.4, -0.2) is 18.9 Å². The Hall–Kier alpha value is -4.32. The molecule has 0 bridgehead atoms. The zero-order valence-corrected chi connectivity index (χ0v) is 16.8. The molecule has 154 valence electrons. The molecule has 2 amide bonds. The predicted octanol–water partition coefficient (Wildman–Crippen LogP) is 5.35. The van der Waals surface area contributed by atoms with E-state index in [0.717, 1.165) is 5.56 Å². The molecule has 6 nitrogen and oxygen atoms in total. The predicted molar refractivity (Wildman–Crippen MR) is 121 cm³/mol. The van der Waals surface area contributed by atoms with Gasteiger partial charge in [-0.15, -0.1) is 0 Å². The molecular formula is C25H20N2O4. The molecule has 3 aromatic carbocycles. The van der Waals surface area contributed by atoms with E-state index in [0.29, 0.717) is 28.1 Å². The lowest BCUT2D eigenvalue weighted by molar-refractivity contribution is -0.111. The molecule has 0 saturated carbocycles. The zero-order chi connectivity index (χ0) is 21.6. The maximum atomic E-state index is 12.9. The van der Waals surface area contributed by atoms with Crippen LogP contribution in [0.3, 0.4) is 0 Å². The van der Waals surface area contributed by atoms with E-state index in [1.807, 2.05) is 36.4 Å². The van der Waals surface area contributed by atoms with Crippen molar-refractivity contribution in [2.75, 3.05) is 17.7 Å². The second kappa shape index (κ2) is 9.00. The molecule has 0 aliphatic rings. The maximum Gasteiger partial charge on any atom is 0.293 e. The van der Waals surface area contributed by atoms with E-state index in [1.54, 1.807) is 55.7 Å². The van der Waals surface area contributed by atoms with Gasteiger partial charge in [0.1, 0.15) is 17.0 Å². The van der Waals surface area contributed by atoms with E-state index in [4.69, 9.17) is 9.15 Å². The van der Waals surface area contributed by atoms with E-state index in [1.165, 1.54) is 6.08 Å². The van der Waals surface area contributed by atoms with Crippen LogP contribution in [-0.2, 0) is 4.79 Å². The second-order valence-corrected chi connectivity index (χ2v) is 6.72. The minimum absolute atomic E-state index is 0.0264. The second-order valence-electron chi connectivity index (χ2n) is 6.72. The fourth-order valence-electron chi connectivity index (χ4n) is 3.09. The third-order valence-electron chi connectivity index (χ3n) is 4.62. The highest BCUT2D eigenvalue weighted by Gasteiger charge is 2.22. The Balaban J connectivity index is 1.59. The van der Waals surface area contributed by atoms with E-state index in [2.05, 4.69) is 10.6 Å². The highest BCUT2D eigenvalue weighted by molar-refractivity contribution is 6.16. The van der Waals surface area contributed by atoms with Crippen LogP contribution in [0.1, 0.15) is 16.1 Å². The molecule has 1 aromatic heterocycles. The van der Waals surface area contributed by atoms with E-state index in [-0.39, 0.29) is 11.7 Å². The molecule has 1 heterocycles. The summed E-state index contributed by atoms with van der Waals surface area (Å²) in [7, 11) is 1.57. The number of methoxy groups -OCH3 is 1. The number of carbonyl (C=O) groups is 2.